The van der Waals surface area contributed by atoms with Crippen LogP contribution < -0.4 is 10.6 Å². The Labute approximate surface area is 170 Å². The van der Waals surface area contributed by atoms with E-state index in [2.05, 4.69) is 51.4 Å². The first-order valence-electron chi connectivity index (χ1n) is 10.8. The minimum absolute atomic E-state index is 0.267. The molecule has 5 nitrogen and oxygen atoms in total. The van der Waals surface area contributed by atoms with Crippen LogP contribution in [0.4, 0.5) is 0 Å². The molecule has 0 spiro atoms. The highest BCUT2D eigenvalue weighted by Gasteiger charge is 2.20. The second-order valence-corrected chi connectivity index (χ2v) is 7.81. The van der Waals surface area contributed by atoms with Crippen LogP contribution in [0.25, 0.3) is 0 Å². The lowest BCUT2D eigenvalue weighted by atomic mass is 9.89. The Morgan fingerprint density at radius 2 is 2.11 bits per heavy atom. The van der Waals surface area contributed by atoms with E-state index in [9.17, 15) is 0 Å². The lowest BCUT2D eigenvalue weighted by Crippen LogP contribution is -2.48. The Morgan fingerprint density at radius 1 is 1.29 bits per heavy atom. The van der Waals surface area contributed by atoms with Gasteiger partial charge in [0.2, 0.25) is 0 Å². The first kappa shape index (κ1) is 20.9. The molecule has 0 amide bonds. The van der Waals surface area contributed by atoms with E-state index < -0.39 is 0 Å². The average molecular weight is 385 g/mol. The summed E-state index contributed by atoms with van der Waals surface area (Å²) in [7, 11) is 1.84. The molecular weight excluding hydrogens is 348 g/mol. The molecule has 1 heterocycles. The van der Waals surface area contributed by atoms with E-state index in [4.69, 9.17) is 4.74 Å². The lowest BCUT2D eigenvalue weighted by Gasteiger charge is -2.32. The first-order chi connectivity index (χ1) is 13.8. The largest absolute Gasteiger partial charge is 0.373 e. The Bertz CT molecular complexity index is 637. The molecule has 1 fully saturated rings. The van der Waals surface area contributed by atoms with Crippen LogP contribution >= 0.6 is 0 Å². The predicted octanol–water partition coefficient (Wildman–Crippen LogP) is 3.29. The minimum Gasteiger partial charge on any atom is -0.373 e. The molecule has 0 saturated carbocycles. The van der Waals surface area contributed by atoms with E-state index in [1.165, 1.54) is 24.0 Å². The highest BCUT2D eigenvalue weighted by molar-refractivity contribution is 5.79. The van der Waals surface area contributed by atoms with E-state index >= 15 is 0 Å². The van der Waals surface area contributed by atoms with Gasteiger partial charge in [-0.2, -0.15) is 0 Å². The van der Waals surface area contributed by atoms with Crippen LogP contribution in [0.5, 0.6) is 0 Å². The molecule has 5 heteroatoms. The van der Waals surface area contributed by atoms with Gasteiger partial charge in [-0.15, -0.1) is 6.58 Å². The fraction of sp³-hybridized carbons (Fsp3) is 0.609. The van der Waals surface area contributed by atoms with Gasteiger partial charge in [0.1, 0.15) is 0 Å². The third-order valence-electron chi connectivity index (χ3n) is 5.79. The molecule has 0 radical (unpaired) electrons. The van der Waals surface area contributed by atoms with Crippen molar-refractivity contribution < 1.29 is 4.74 Å². The maximum atomic E-state index is 6.20. The summed E-state index contributed by atoms with van der Waals surface area (Å²) in [6, 6.07) is 9.22. The Balaban J connectivity index is 1.32. The topological polar surface area (TPSA) is 48.9 Å². The second-order valence-electron chi connectivity index (χ2n) is 7.81. The summed E-state index contributed by atoms with van der Waals surface area (Å²) >= 11 is 0. The van der Waals surface area contributed by atoms with Crippen LogP contribution in [-0.4, -0.2) is 56.7 Å². The molecule has 154 valence electrons. The van der Waals surface area contributed by atoms with E-state index in [1.54, 1.807) is 0 Å². The van der Waals surface area contributed by atoms with Gasteiger partial charge >= 0.3 is 0 Å². The SMILES string of the molecule is C=CCN1CCC(NC(=NC)NCCCOC2CCCc3ccccc32)CC1. The van der Waals surface area contributed by atoms with Gasteiger partial charge in [0.05, 0.1) is 6.10 Å². The Morgan fingerprint density at radius 3 is 2.89 bits per heavy atom. The van der Waals surface area contributed by atoms with E-state index in [0.29, 0.717) is 6.04 Å². The zero-order chi connectivity index (χ0) is 19.6. The number of aryl methyl sites for hydroxylation is 1. The van der Waals surface area contributed by atoms with Crippen molar-refractivity contribution in [3.05, 3.63) is 48.0 Å². The van der Waals surface area contributed by atoms with Crippen LogP contribution in [-0.2, 0) is 11.2 Å². The first-order valence-corrected chi connectivity index (χ1v) is 10.8. The van der Waals surface area contributed by atoms with Gasteiger partial charge < -0.3 is 15.4 Å². The Hall–Kier alpha value is -1.85. The summed E-state index contributed by atoms with van der Waals surface area (Å²) in [4.78, 5) is 6.83. The zero-order valence-corrected chi connectivity index (χ0v) is 17.3. The number of nitrogens with one attached hydrogen (secondary N) is 2. The summed E-state index contributed by atoms with van der Waals surface area (Å²) in [6.45, 7) is 8.72. The lowest BCUT2D eigenvalue weighted by molar-refractivity contribution is 0.0398. The molecule has 0 bridgehead atoms. The van der Waals surface area contributed by atoms with Gasteiger partial charge in [-0.3, -0.25) is 9.89 Å². The molecule has 28 heavy (non-hydrogen) atoms. The third-order valence-corrected chi connectivity index (χ3v) is 5.79. The number of fused-ring (bicyclic) bond motifs is 1. The second kappa shape index (κ2) is 11.2. The maximum Gasteiger partial charge on any atom is 0.191 e. The average Bonchev–Trinajstić information content (AvgIpc) is 2.74. The molecule has 1 saturated heterocycles. The van der Waals surface area contributed by atoms with Gasteiger partial charge in [0, 0.05) is 45.9 Å². The highest BCUT2D eigenvalue weighted by Crippen LogP contribution is 2.32. The van der Waals surface area contributed by atoms with Crippen molar-refractivity contribution in [1.82, 2.24) is 15.5 Å². The highest BCUT2D eigenvalue weighted by atomic mass is 16.5. The van der Waals surface area contributed by atoms with Crippen molar-refractivity contribution in [2.45, 2.75) is 50.7 Å². The van der Waals surface area contributed by atoms with Crippen LogP contribution in [0.1, 0.15) is 49.3 Å². The van der Waals surface area contributed by atoms with Gasteiger partial charge in [-0.1, -0.05) is 30.3 Å². The number of likely N-dealkylation sites (tertiary alicyclic amines) is 1. The number of aliphatic imine (C=N–C) groups is 1. The molecule has 1 aliphatic heterocycles. The van der Waals surface area contributed by atoms with Crippen LogP contribution in [0, 0.1) is 0 Å². The number of benzene rings is 1. The number of rotatable bonds is 8. The van der Waals surface area contributed by atoms with Gasteiger partial charge in [-0.25, -0.2) is 0 Å². The zero-order valence-electron chi connectivity index (χ0n) is 17.3. The van der Waals surface area contributed by atoms with Crippen molar-refractivity contribution in [3.8, 4) is 0 Å². The van der Waals surface area contributed by atoms with Gasteiger partial charge in [-0.05, 0) is 49.7 Å². The van der Waals surface area contributed by atoms with Crippen LogP contribution in [0.15, 0.2) is 41.9 Å². The normalized spacial score (nSPS) is 21.2. The van der Waals surface area contributed by atoms with Crippen molar-refractivity contribution in [2.75, 3.05) is 39.8 Å². The van der Waals surface area contributed by atoms with Crippen molar-refractivity contribution >= 4 is 5.96 Å². The standard InChI is InChI=1S/C23H36N4O/c1-3-15-27-16-12-20(13-17-27)26-23(24-2)25-14-7-18-28-22-11-6-9-19-8-4-5-10-21(19)22/h3-5,8,10,20,22H,1,6-7,9,11-18H2,2H3,(H2,24,25,26). The molecule has 1 unspecified atom stereocenters. The predicted molar refractivity (Wildman–Crippen MR) is 117 cm³/mol. The van der Waals surface area contributed by atoms with E-state index in [0.717, 1.165) is 64.4 Å². The van der Waals surface area contributed by atoms with E-state index in [1.807, 2.05) is 13.1 Å². The molecule has 2 N–H and O–H groups in total. The third kappa shape index (κ3) is 6.08. The maximum absolute atomic E-state index is 6.20. The minimum atomic E-state index is 0.267. The van der Waals surface area contributed by atoms with Crippen molar-refractivity contribution in [2.24, 2.45) is 4.99 Å². The molecular formula is C23H36N4O. The number of nitrogens with zero attached hydrogens (tertiary/aromatic N) is 2. The number of hydrogen-bond acceptors (Lipinski definition) is 3. The molecule has 0 aromatic heterocycles. The number of hydrogen-bond donors (Lipinski definition) is 2. The molecule has 1 aromatic rings. The monoisotopic (exact) mass is 384 g/mol. The smallest absolute Gasteiger partial charge is 0.191 e. The molecule has 2 aliphatic rings. The number of ether oxygens (including phenoxy) is 1. The van der Waals surface area contributed by atoms with Crippen LogP contribution in [0.3, 0.4) is 0 Å². The van der Waals surface area contributed by atoms with Crippen molar-refractivity contribution in [1.29, 1.82) is 0 Å². The van der Waals surface area contributed by atoms with E-state index in [-0.39, 0.29) is 6.10 Å². The molecule has 1 atom stereocenters. The summed E-state index contributed by atoms with van der Waals surface area (Å²) in [5, 5.41) is 7.01. The van der Waals surface area contributed by atoms with Gasteiger partial charge in [0.15, 0.2) is 5.96 Å². The quantitative estimate of drug-likeness (QED) is 0.313. The summed E-state index contributed by atoms with van der Waals surface area (Å²) in [5.74, 6) is 0.908. The number of guanidine groups is 1. The Kier molecular flexibility index (Phi) is 8.37. The summed E-state index contributed by atoms with van der Waals surface area (Å²) < 4.78 is 6.20. The summed E-state index contributed by atoms with van der Waals surface area (Å²) in [6.07, 6.45) is 9.09. The van der Waals surface area contributed by atoms with Crippen LogP contribution in [0.2, 0.25) is 0 Å². The summed E-state index contributed by atoms with van der Waals surface area (Å²) in [5.41, 5.74) is 2.85. The molecule has 1 aromatic carbocycles. The molecule has 3 rings (SSSR count). The fourth-order valence-electron chi connectivity index (χ4n) is 4.22. The molecule has 1 aliphatic carbocycles. The fourth-order valence-corrected chi connectivity index (χ4v) is 4.22. The van der Waals surface area contributed by atoms with Gasteiger partial charge in [0.25, 0.3) is 0 Å². The number of piperidine rings is 1. The van der Waals surface area contributed by atoms with Crippen molar-refractivity contribution in [3.63, 3.8) is 0 Å².